The number of aromatic nitrogens is 4. The van der Waals surface area contributed by atoms with Gasteiger partial charge in [0.1, 0.15) is 6.04 Å². The Morgan fingerprint density at radius 3 is 2.57 bits per heavy atom. The summed E-state index contributed by atoms with van der Waals surface area (Å²) < 4.78 is 9.65. The number of nitrogens with zero attached hydrogens (tertiary/aromatic N) is 4. The van der Waals surface area contributed by atoms with E-state index in [1.165, 1.54) is 15.5 Å². The lowest BCUT2D eigenvalue weighted by Crippen LogP contribution is -2.40. The van der Waals surface area contributed by atoms with E-state index in [0.717, 1.165) is 6.42 Å². The fraction of sp³-hybridized carbons (Fsp3) is 0.684. The zero-order chi connectivity index (χ0) is 21.0. The second-order valence-corrected chi connectivity index (χ2v) is 7.48. The molecule has 9 nitrogen and oxygen atoms in total. The number of hydrogen-bond acceptors (Lipinski definition) is 6. The van der Waals surface area contributed by atoms with Gasteiger partial charge in [-0.2, -0.15) is 0 Å². The monoisotopic (exact) mass is 393 g/mol. The molecule has 2 aromatic heterocycles. The molecule has 2 rings (SSSR count). The van der Waals surface area contributed by atoms with E-state index >= 15 is 0 Å². The smallest absolute Gasteiger partial charge is 0.332 e. The third-order valence-electron chi connectivity index (χ3n) is 5.29. The molecule has 0 spiro atoms. The highest BCUT2D eigenvalue weighted by Gasteiger charge is 2.22. The number of imidazole rings is 1. The van der Waals surface area contributed by atoms with Crippen molar-refractivity contribution in [1.29, 1.82) is 0 Å². The maximum absolute atomic E-state index is 12.6. The topological polar surface area (TPSA) is 114 Å². The summed E-state index contributed by atoms with van der Waals surface area (Å²) in [5.41, 5.74) is 5.96. The Bertz CT molecular complexity index is 942. The molecule has 9 heteroatoms. The average Bonchev–Trinajstić information content (AvgIpc) is 3.06. The highest BCUT2D eigenvalue weighted by Crippen LogP contribution is 2.11. The first-order valence-electron chi connectivity index (χ1n) is 9.75. The van der Waals surface area contributed by atoms with Gasteiger partial charge >= 0.3 is 11.7 Å². The second kappa shape index (κ2) is 9.18. The van der Waals surface area contributed by atoms with Gasteiger partial charge < -0.3 is 15.0 Å². The number of carbonyl (C=O) groups excluding carboxylic acids is 1. The summed E-state index contributed by atoms with van der Waals surface area (Å²) in [4.78, 5) is 41.2. The molecule has 0 fully saturated rings. The fourth-order valence-corrected chi connectivity index (χ4v) is 3.12. The van der Waals surface area contributed by atoms with Crippen molar-refractivity contribution in [2.45, 2.75) is 65.1 Å². The van der Waals surface area contributed by atoms with Crippen molar-refractivity contribution < 1.29 is 9.53 Å². The minimum absolute atomic E-state index is 0.0738. The number of carbonyl (C=O) groups is 1. The van der Waals surface area contributed by atoms with E-state index in [9.17, 15) is 14.4 Å². The maximum Gasteiger partial charge on any atom is 0.332 e. The van der Waals surface area contributed by atoms with Crippen molar-refractivity contribution in [3.63, 3.8) is 0 Å². The first-order valence-corrected chi connectivity index (χ1v) is 9.75. The van der Waals surface area contributed by atoms with Gasteiger partial charge in [-0.15, -0.1) is 0 Å². The van der Waals surface area contributed by atoms with Crippen LogP contribution in [0, 0.1) is 5.92 Å². The zero-order valence-corrected chi connectivity index (χ0v) is 17.3. The highest BCUT2D eigenvalue weighted by molar-refractivity contribution is 5.76. The Kier molecular flexibility index (Phi) is 7.17. The number of aryl methyl sites for hydroxylation is 2. The SMILES string of the molecule is CC[C@H](C)[C@H](N)C(=O)OC(C)CCCCn1c(=O)c2c(ncn2C)n(C)c1=O. The normalized spacial score (nSPS) is 14.8. The van der Waals surface area contributed by atoms with Crippen LogP contribution in [0.1, 0.15) is 46.5 Å². The van der Waals surface area contributed by atoms with Gasteiger partial charge in [0, 0.05) is 20.6 Å². The molecule has 0 aliphatic rings. The van der Waals surface area contributed by atoms with E-state index in [2.05, 4.69) is 4.98 Å². The zero-order valence-electron chi connectivity index (χ0n) is 17.3. The molecule has 0 saturated heterocycles. The summed E-state index contributed by atoms with van der Waals surface area (Å²) >= 11 is 0. The lowest BCUT2D eigenvalue weighted by Gasteiger charge is -2.20. The van der Waals surface area contributed by atoms with Crippen LogP contribution >= 0.6 is 0 Å². The van der Waals surface area contributed by atoms with E-state index in [4.69, 9.17) is 10.5 Å². The number of ether oxygens (including phenoxy) is 1. The Labute approximate surface area is 164 Å². The molecule has 3 atom stereocenters. The number of rotatable bonds is 9. The van der Waals surface area contributed by atoms with Crippen LogP contribution in [-0.2, 0) is 30.2 Å². The predicted octanol–water partition coefficient (Wildman–Crippen LogP) is 0.909. The fourth-order valence-electron chi connectivity index (χ4n) is 3.12. The number of unbranched alkanes of at least 4 members (excludes halogenated alkanes) is 1. The largest absolute Gasteiger partial charge is 0.462 e. The van der Waals surface area contributed by atoms with Gasteiger partial charge in [0.05, 0.1) is 12.4 Å². The summed E-state index contributed by atoms with van der Waals surface area (Å²) in [7, 11) is 3.33. The summed E-state index contributed by atoms with van der Waals surface area (Å²) in [6, 6.07) is -0.611. The van der Waals surface area contributed by atoms with Crippen LogP contribution in [0.5, 0.6) is 0 Å². The number of esters is 1. The van der Waals surface area contributed by atoms with Gasteiger partial charge in [-0.1, -0.05) is 20.3 Å². The molecule has 0 amide bonds. The van der Waals surface area contributed by atoms with Crippen molar-refractivity contribution in [1.82, 2.24) is 18.7 Å². The van der Waals surface area contributed by atoms with Crippen molar-refractivity contribution in [2.24, 2.45) is 25.7 Å². The first kappa shape index (κ1) is 21.9. The Balaban J connectivity index is 1.94. The molecule has 0 aliphatic carbocycles. The van der Waals surface area contributed by atoms with Crippen LogP contribution < -0.4 is 17.0 Å². The van der Waals surface area contributed by atoms with Gasteiger partial charge in [-0.05, 0) is 32.1 Å². The molecule has 0 bridgehead atoms. The number of nitrogens with two attached hydrogens (primary N) is 1. The first-order chi connectivity index (χ1) is 13.2. The van der Waals surface area contributed by atoms with Crippen LogP contribution in [0.4, 0.5) is 0 Å². The summed E-state index contributed by atoms with van der Waals surface area (Å²) in [5.74, 6) is -0.307. The van der Waals surface area contributed by atoms with Crippen molar-refractivity contribution in [2.75, 3.05) is 0 Å². The number of hydrogen-bond donors (Lipinski definition) is 1. The van der Waals surface area contributed by atoms with Gasteiger partial charge in [-0.25, -0.2) is 9.78 Å². The molecule has 0 aromatic carbocycles. The molecule has 0 aliphatic heterocycles. The molecular weight excluding hydrogens is 362 g/mol. The standard InChI is InChI=1S/C19H31N5O4/c1-6-12(2)14(20)18(26)28-13(3)9-7-8-10-24-17(25)15-16(21-11-22(15)4)23(5)19(24)27/h11-14H,6-10,20H2,1-5H3/t12-,13?,14-/m0/s1. The van der Waals surface area contributed by atoms with E-state index in [-0.39, 0.29) is 29.2 Å². The van der Waals surface area contributed by atoms with Crippen LogP contribution in [-0.4, -0.2) is 36.8 Å². The summed E-state index contributed by atoms with van der Waals surface area (Å²) in [5, 5.41) is 0. The summed E-state index contributed by atoms with van der Waals surface area (Å²) in [6.07, 6.45) is 4.05. The van der Waals surface area contributed by atoms with Crippen molar-refractivity contribution in [3.05, 3.63) is 27.2 Å². The molecule has 1 unspecified atom stereocenters. The van der Waals surface area contributed by atoms with Crippen molar-refractivity contribution in [3.8, 4) is 0 Å². The molecular formula is C19H31N5O4. The Morgan fingerprint density at radius 1 is 1.25 bits per heavy atom. The van der Waals surface area contributed by atoms with E-state index in [1.54, 1.807) is 18.7 Å². The lowest BCUT2D eigenvalue weighted by molar-refractivity contribution is -0.151. The minimum atomic E-state index is -0.611. The summed E-state index contributed by atoms with van der Waals surface area (Å²) in [6.45, 7) is 6.04. The average molecular weight is 393 g/mol. The van der Waals surface area contributed by atoms with Gasteiger partial charge in [0.2, 0.25) is 0 Å². The van der Waals surface area contributed by atoms with Crippen LogP contribution in [0.15, 0.2) is 15.9 Å². The molecule has 2 aromatic rings. The predicted molar refractivity (Wildman–Crippen MR) is 107 cm³/mol. The quantitative estimate of drug-likeness (QED) is 0.500. The molecule has 28 heavy (non-hydrogen) atoms. The van der Waals surface area contributed by atoms with Gasteiger partial charge in [0.25, 0.3) is 5.56 Å². The van der Waals surface area contributed by atoms with E-state index < -0.39 is 6.04 Å². The molecule has 156 valence electrons. The second-order valence-electron chi connectivity index (χ2n) is 7.48. The van der Waals surface area contributed by atoms with Gasteiger partial charge in [0.15, 0.2) is 11.2 Å². The Hall–Kier alpha value is -2.42. The molecule has 0 radical (unpaired) electrons. The lowest BCUT2D eigenvalue weighted by atomic mass is 10.0. The molecule has 2 heterocycles. The maximum atomic E-state index is 12.6. The van der Waals surface area contributed by atoms with E-state index in [1.807, 2.05) is 20.8 Å². The van der Waals surface area contributed by atoms with Crippen LogP contribution in [0.2, 0.25) is 0 Å². The van der Waals surface area contributed by atoms with Crippen molar-refractivity contribution >= 4 is 17.1 Å². The van der Waals surface area contributed by atoms with Crippen LogP contribution in [0.25, 0.3) is 11.2 Å². The number of fused-ring (bicyclic) bond motifs is 1. The van der Waals surface area contributed by atoms with E-state index in [0.29, 0.717) is 37.0 Å². The Morgan fingerprint density at radius 2 is 1.93 bits per heavy atom. The highest BCUT2D eigenvalue weighted by atomic mass is 16.5. The van der Waals surface area contributed by atoms with Crippen LogP contribution in [0.3, 0.4) is 0 Å². The molecule has 0 saturated carbocycles. The van der Waals surface area contributed by atoms with Gasteiger partial charge in [-0.3, -0.25) is 18.7 Å². The third-order valence-corrected chi connectivity index (χ3v) is 5.29. The molecule has 2 N–H and O–H groups in total. The minimum Gasteiger partial charge on any atom is -0.462 e. The third kappa shape index (κ3) is 4.52.